The molecule has 28 heavy (non-hydrogen) atoms. The number of carbonyl (C=O) groups excluding carboxylic acids is 1. The molecule has 0 aliphatic rings. The van der Waals surface area contributed by atoms with E-state index in [-0.39, 0.29) is 5.97 Å². The van der Waals surface area contributed by atoms with Crippen molar-refractivity contribution in [1.29, 1.82) is 0 Å². The van der Waals surface area contributed by atoms with Crippen LogP contribution in [0, 0.1) is 6.92 Å². The van der Waals surface area contributed by atoms with Crippen LogP contribution in [0.2, 0.25) is 0 Å². The Kier molecular flexibility index (Phi) is 7.08. The predicted molar refractivity (Wildman–Crippen MR) is 109 cm³/mol. The maximum absolute atomic E-state index is 12.0. The Labute approximate surface area is 165 Å². The van der Waals surface area contributed by atoms with Crippen LogP contribution < -0.4 is 14.2 Å². The summed E-state index contributed by atoms with van der Waals surface area (Å²) in [5, 5.41) is 0. The summed E-state index contributed by atoms with van der Waals surface area (Å²) in [4.78, 5) is 12.0. The third-order valence-electron chi connectivity index (χ3n) is 4.12. The average molecular weight is 376 g/mol. The van der Waals surface area contributed by atoms with Gasteiger partial charge in [-0.25, -0.2) is 0 Å². The van der Waals surface area contributed by atoms with Crippen LogP contribution in [0.3, 0.4) is 0 Å². The molecule has 0 unspecified atom stereocenters. The minimum absolute atomic E-state index is 0.273. The summed E-state index contributed by atoms with van der Waals surface area (Å²) in [6.45, 7) is 3.01. The minimum atomic E-state index is -0.273. The third-order valence-corrected chi connectivity index (χ3v) is 4.12. The summed E-state index contributed by atoms with van der Waals surface area (Å²) in [7, 11) is 0. The van der Waals surface area contributed by atoms with E-state index in [1.54, 1.807) is 24.3 Å². The lowest BCUT2D eigenvalue weighted by Crippen LogP contribution is -2.10. The van der Waals surface area contributed by atoms with Crippen LogP contribution in [-0.2, 0) is 11.4 Å². The van der Waals surface area contributed by atoms with Crippen molar-refractivity contribution in [2.24, 2.45) is 0 Å². The maximum atomic E-state index is 12.0. The van der Waals surface area contributed by atoms with Gasteiger partial charge >= 0.3 is 5.97 Å². The first-order chi connectivity index (χ1) is 13.7. The SMILES string of the molecule is Cc1ccc(OCCCC(=O)Oc2ccc(OCc3ccccc3)cc2)cc1. The summed E-state index contributed by atoms with van der Waals surface area (Å²) in [6.07, 6.45) is 0.906. The molecule has 0 aliphatic heterocycles. The second kappa shape index (κ2) is 10.2. The summed E-state index contributed by atoms with van der Waals surface area (Å²) < 4.78 is 16.7. The fourth-order valence-electron chi connectivity index (χ4n) is 2.57. The fraction of sp³-hybridized carbons (Fsp3) is 0.208. The van der Waals surface area contributed by atoms with Crippen LogP contribution in [0.5, 0.6) is 17.2 Å². The quantitative estimate of drug-likeness (QED) is 0.287. The zero-order valence-corrected chi connectivity index (χ0v) is 16.0. The molecule has 0 atom stereocenters. The molecule has 0 N–H and O–H groups in total. The van der Waals surface area contributed by atoms with E-state index in [1.165, 1.54) is 5.56 Å². The minimum Gasteiger partial charge on any atom is -0.494 e. The number of esters is 1. The van der Waals surface area contributed by atoms with Gasteiger partial charge in [-0.1, -0.05) is 48.0 Å². The largest absolute Gasteiger partial charge is 0.494 e. The van der Waals surface area contributed by atoms with Crippen LogP contribution >= 0.6 is 0 Å². The van der Waals surface area contributed by atoms with Crippen molar-refractivity contribution in [2.45, 2.75) is 26.4 Å². The van der Waals surface area contributed by atoms with E-state index in [9.17, 15) is 4.79 Å². The molecule has 0 aliphatic carbocycles. The molecule has 0 saturated heterocycles. The van der Waals surface area contributed by atoms with Gasteiger partial charge in [0.15, 0.2) is 0 Å². The molecule has 0 heterocycles. The molecule has 0 aromatic heterocycles. The van der Waals surface area contributed by atoms with Crippen molar-refractivity contribution in [3.8, 4) is 17.2 Å². The Morgan fingerprint density at radius 2 is 1.36 bits per heavy atom. The summed E-state index contributed by atoms with van der Waals surface area (Å²) in [6, 6.07) is 24.9. The fourth-order valence-corrected chi connectivity index (χ4v) is 2.57. The van der Waals surface area contributed by atoms with E-state index in [1.807, 2.05) is 61.5 Å². The number of rotatable bonds is 9. The Hall–Kier alpha value is -3.27. The van der Waals surface area contributed by atoms with Crippen LogP contribution in [0.15, 0.2) is 78.9 Å². The Bertz CT molecular complexity index is 855. The molecule has 4 heteroatoms. The summed E-state index contributed by atoms with van der Waals surface area (Å²) >= 11 is 0. The lowest BCUT2D eigenvalue weighted by atomic mass is 10.2. The van der Waals surface area contributed by atoms with Crippen molar-refractivity contribution in [1.82, 2.24) is 0 Å². The van der Waals surface area contributed by atoms with Crippen LogP contribution in [-0.4, -0.2) is 12.6 Å². The molecule has 0 radical (unpaired) electrons. The van der Waals surface area contributed by atoms with Crippen molar-refractivity contribution in [2.75, 3.05) is 6.61 Å². The molecule has 4 nitrogen and oxygen atoms in total. The van der Waals surface area contributed by atoms with Gasteiger partial charge in [0.2, 0.25) is 0 Å². The molecule has 0 saturated carbocycles. The molecule has 0 amide bonds. The Balaban J connectivity index is 1.36. The van der Waals surface area contributed by atoms with Gasteiger partial charge < -0.3 is 14.2 Å². The molecular weight excluding hydrogens is 352 g/mol. The first kappa shape index (κ1) is 19.5. The van der Waals surface area contributed by atoms with E-state index in [2.05, 4.69) is 0 Å². The van der Waals surface area contributed by atoms with Gasteiger partial charge in [0.1, 0.15) is 23.9 Å². The monoisotopic (exact) mass is 376 g/mol. The summed E-state index contributed by atoms with van der Waals surface area (Å²) in [5.74, 6) is 1.78. The smallest absolute Gasteiger partial charge is 0.311 e. The lowest BCUT2D eigenvalue weighted by molar-refractivity contribution is -0.134. The van der Waals surface area contributed by atoms with Gasteiger partial charge in [0, 0.05) is 6.42 Å². The average Bonchev–Trinajstić information content (AvgIpc) is 2.73. The first-order valence-electron chi connectivity index (χ1n) is 9.36. The van der Waals surface area contributed by atoms with Crippen LogP contribution in [0.25, 0.3) is 0 Å². The topological polar surface area (TPSA) is 44.8 Å². The molecule has 0 bridgehead atoms. The zero-order valence-electron chi connectivity index (χ0n) is 16.0. The highest BCUT2D eigenvalue weighted by Crippen LogP contribution is 2.19. The number of aryl methyl sites for hydroxylation is 1. The van der Waals surface area contributed by atoms with Gasteiger partial charge in [-0.05, 0) is 55.3 Å². The zero-order chi connectivity index (χ0) is 19.6. The molecule has 3 rings (SSSR count). The van der Waals surface area contributed by atoms with Crippen molar-refractivity contribution in [3.63, 3.8) is 0 Å². The first-order valence-corrected chi connectivity index (χ1v) is 9.36. The van der Waals surface area contributed by atoms with Crippen molar-refractivity contribution < 1.29 is 19.0 Å². The van der Waals surface area contributed by atoms with Gasteiger partial charge in [0.05, 0.1) is 6.61 Å². The number of benzene rings is 3. The predicted octanol–water partition coefficient (Wildman–Crippen LogP) is 5.34. The standard InChI is InChI=1S/C24H24O4/c1-19-9-11-21(12-10-19)26-17-5-8-24(25)28-23-15-13-22(14-16-23)27-18-20-6-3-2-4-7-20/h2-4,6-7,9-16H,5,8,17-18H2,1H3. The molecule has 0 spiro atoms. The molecular formula is C24H24O4. The normalized spacial score (nSPS) is 10.3. The summed E-state index contributed by atoms with van der Waals surface area (Å²) in [5.41, 5.74) is 2.29. The highest BCUT2D eigenvalue weighted by molar-refractivity contribution is 5.72. The third kappa shape index (κ3) is 6.47. The van der Waals surface area contributed by atoms with Gasteiger partial charge in [-0.15, -0.1) is 0 Å². The molecule has 3 aromatic rings. The van der Waals surface area contributed by atoms with Crippen molar-refractivity contribution in [3.05, 3.63) is 90.0 Å². The maximum Gasteiger partial charge on any atom is 0.311 e. The second-order valence-corrected chi connectivity index (χ2v) is 6.48. The number of hydrogen-bond donors (Lipinski definition) is 0. The highest BCUT2D eigenvalue weighted by Gasteiger charge is 2.06. The molecule has 3 aromatic carbocycles. The lowest BCUT2D eigenvalue weighted by Gasteiger charge is -2.08. The number of hydrogen-bond acceptors (Lipinski definition) is 4. The van der Waals surface area contributed by atoms with Gasteiger partial charge in [-0.3, -0.25) is 4.79 Å². The van der Waals surface area contributed by atoms with E-state index in [4.69, 9.17) is 14.2 Å². The van der Waals surface area contributed by atoms with Crippen LogP contribution in [0.4, 0.5) is 0 Å². The number of ether oxygens (including phenoxy) is 3. The Morgan fingerprint density at radius 1 is 0.750 bits per heavy atom. The number of carbonyl (C=O) groups is 1. The highest BCUT2D eigenvalue weighted by atomic mass is 16.5. The van der Waals surface area contributed by atoms with E-state index >= 15 is 0 Å². The molecule has 144 valence electrons. The second-order valence-electron chi connectivity index (χ2n) is 6.48. The molecule has 0 fully saturated rings. The van der Waals surface area contributed by atoms with Crippen molar-refractivity contribution >= 4 is 5.97 Å². The Morgan fingerprint density at radius 3 is 2.07 bits per heavy atom. The van der Waals surface area contributed by atoms with E-state index in [0.717, 1.165) is 17.1 Å². The van der Waals surface area contributed by atoms with Crippen LogP contribution in [0.1, 0.15) is 24.0 Å². The van der Waals surface area contributed by atoms with Gasteiger partial charge in [0.25, 0.3) is 0 Å². The van der Waals surface area contributed by atoms with Gasteiger partial charge in [-0.2, -0.15) is 0 Å². The van der Waals surface area contributed by atoms with E-state index < -0.39 is 0 Å². The van der Waals surface area contributed by atoms with E-state index in [0.29, 0.717) is 31.8 Å².